The van der Waals surface area contributed by atoms with Gasteiger partial charge in [-0.25, -0.2) is 4.39 Å². The Morgan fingerprint density at radius 1 is 1.37 bits per heavy atom. The minimum Gasteiger partial charge on any atom is -0.350 e. The van der Waals surface area contributed by atoms with E-state index in [0.717, 1.165) is 37.0 Å². The predicted molar refractivity (Wildman–Crippen MR) is 75.9 cm³/mol. The Labute approximate surface area is 113 Å². The van der Waals surface area contributed by atoms with Gasteiger partial charge in [-0.05, 0) is 37.2 Å². The number of halogens is 1. The van der Waals surface area contributed by atoms with Gasteiger partial charge in [-0.1, -0.05) is 0 Å². The van der Waals surface area contributed by atoms with Gasteiger partial charge in [0.25, 0.3) is 0 Å². The van der Waals surface area contributed by atoms with Crippen molar-refractivity contribution in [2.45, 2.75) is 12.5 Å². The predicted octanol–water partition coefficient (Wildman–Crippen LogP) is 1.76. The van der Waals surface area contributed by atoms with Crippen molar-refractivity contribution in [1.82, 2.24) is 14.8 Å². The Morgan fingerprint density at radius 2 is 2.21 bits per heavy atom. The van der Waals surface area contributed by atoms with E-state index in [0.29, 0.717) is 6.04 Å². The molecule has 3 nitrogen and oxygen atoms in total. The molecule has 0 amide bonds. The van der Waals surface area contributed by atoms with Crippen LogP contribution in [-0.2, 0) is 13.5 Å². The summed E-state index contributed by atoms with van der Waals surface area (Å²) < 4.78 is 15.5. The van der Waals surface area contributed by atoms with Gasteiger partial charge in [0.2, 0.25) is 0 Å². The van der Waals surface area contributed by atoms with E-state index in [1.807, 2.05) is 13.1 Å². The van der Waals surface area contributed by atoms with Gasteiger partial charge < -0.3 is 14.8 Å². The van der Waals surface area contributed by atoms with Crippen molar-refractivity contribution < 1.29 is 4.39 Å². The van der Waals surface area contributed by atoms with Crippen molar-refractivity contribution in [2.24, 2.45) is 7.05 Å². The molecule has 1 atom stereocenters. The fraction of sp³-hybridized carbons (Fsp3) is 0.467. The SMILES string of the molecule is CN1CCNC(Cc2cn(C)c3ccc(F)cc23)C1. The Balaban J connectivity index is 1.90. The molecule has 1 N–H and O–H groups in total. The maximum absolute atomic E-state index is 13.4. The molecule has 1 aromatic carbocycles. The zero-order valence-electron chi connectivity index (χ0n) is 11.5. The lowest BCUT2D eigenvalue weighted by atomic mass is 10.0. The molecule has 3 rings (SSSR count). The fourth-order valence-electron chi connectivity index (χ4n) is 3.00. The van der Waals surface area contributed by atoms with Crippen molar-refractivity contribution in [2.75, 3.05) is 26.7 Å². The maximum atomic E-state index is 13.4. The summed E-state index contributed by atoms with van der Waals surface area (Å²) >= 11 is 0. The van der Waals surface area contributed by atoms with Crippen molar-refractivity contribution in [3.63, 3.8) is 0 Å². The number of benzene rings is 1. The lowest BCUT2D eigenvalue weighted by Gasteiger charge is -2.30. The maximum Gasteiger partial charge on any atom is 0.123 e. The van der Waals surface area contributed by atoms with Crippen LogP contribution in [0.5, 0.6) is 0 Å². The monoisotopic (exact) mass is 261 g/mol. The molecule has 1 saturated heterocycles. The van der Waals surface area contributed by atoms with Crippen molar-refractivity contribution in [3.05, 3.63) is 35.8 Å². The van der Waals surface area contributed by atoms with Gasteiger partial charge in [0, 0.05) is 49.8 Å². The third-order valence-corrected chi connectivity index (χ3v) is 3.96. The topological polar surface area (TPSA) is 20.2 Å². The third-order valence-electron chi connectivity index (χ3n) is 3.96. The molecular formula is C15H20FN3. The molecule has 0 saturated carbocycles. The van der Waals surface area contributed by atoms with Crippen LogP contribution in [0.2, 0.25) is 0 Å². The first-order chi connectivity index (χ1) is 9.13. The highest BCUT2D eigenvalue weighted by Gasteiger charge is 2.18. The molecule has 2 heterocycles. The summed E-state index contributed by atoms with van der Waals surface area (Å²) in [5.74, 6) is -0.159. The minimum absolute atomic E-state index is 0.159. The summed E-state index contributed by atoms with van der Waals surface area (Å²) in [6.07, 6.45) is 3.07. The molecule has 1 unspecified atom stereocenters. The van der Waals surface area contributed by atoms with Crippen LogP contribution in [0.15, 0.2) is 24.4 Å². The number of rotatable bonds is 2. The molecule has 4 heteroatoms. The van der Waals surface area contributed by atoms with Crippen molar-refractivity contribution >= 4 is 10.9 Å². The molecule has 2 aromatic rings. The summed E-state index contributed by atoms with van der Waals surface area (Å²) in [6, 6.07) is 5.48. The summed E-state index contributed by atoms with van der Waals surface area (Å²) in [5, 5.41) is 4.58. The van der Waals surface area contributed by atoms with Crippen LogP contribution < -0.4 is 5.32 Å². The van der Waals surface area contributed by atoms with Crippen molar-refractivity contribution in [1.29, 1.82) is 0 Å². The van der Waals surface area contributed by atoms with E-state index in [9.17, 15) is 4.39 Å². The van der Waals surface area contributed by atoms with E-state index in [1.54, 1.807) is 6.07 Å². The second kappa shape index (κ2) is 4.94. The van der Waals surface area contributed by atoms with Crippen LogP contribution in [0.3, 0.4) is 0 Å². The minimum atomic E-state index is -0.159. The Morgan fingerprint density at radius 3 is 3.00 bits per heavy atom. The van der Waals surface area contributed by atoms with Gasteiger partial charge in [-0.3, -0.25) is 0 Å². The molecule has 102 valence electrons. The molecule has 1 aromatic heterocycles. The molecule has 1 fully saturated rings. The average molecular weight is 261 g/mol. The van der Waals surface area contributed by atoms with Gasteiger partial charge in [0.05, 0.1) is 0 Å². The van der Waals surface area contributed by atoms with Crippen LogP contribution in [0.1, 0.15) is 5.56 Å². The average Bonchev–Trinajstić information content (AvgIpc) is 2.66. The van der Waals surface area contributed by atoms with Gasteiger partial charge in [-0.2, -0.15) is 0 Å². The quantitative estimate of drug-likeness (QED) is 0.889. The first kappa shape index (κ1) is 12.6. The van der Waals surface area contributed by atoms with Gasteiger partial charge in [0.1, 0.15) is 5.82 Å². The van der Waals surface area contributed by atoms with Crippen molar-refractivity contribution in [3.8, 4) is 0 Å². The normalized spacial score (nSPS) is 21.1. The third kappa shape index (κ3) is 2.51. The number of nitrogens with one attached hydrogen (secondary N) is 1. The van der Waals surface area contributed by atoms with Crippen LogP contribution in [0.4, 0.5) is 4.39 Å². The summed E-state index contributed by atoms with van der Waals surface area (Å²) in [4.78, 5) is 2.34. The van der Waals surface area contributed by atoms with Gasteiger partial charge >= 0.3 is 0 Å². The zero-order valence-corrected chi connectivity index (χ0v) is 11.5. The number of piperazine rings is 1. The van der Waals surface area contributed by atoms with Crippen LogP contribution in [0, 0.1) is 5.82 Å². The van der Waals surface area contributed by atoms with E-state index in [4.69, 9.17) is 0 Å². The van der Waals surface area contributed by atoms with E-state index >= 15 is 0 Å². The molecule has 0 spiro atoms. The zero-order chi connectivity index (χ0) is 13.4. The highest BCUT2D eigenvalue weighted by molar-refractivity contribution is 5.84. The molecule has 1 aliphatic rings. The molecule has 19 heavy (non-hydrogen) atoms. The van der Waals surface area contributed by atoms with E-state index in [-0.39, 0.29) is 5.82 Å². The number of likely N-dealkylation sites (N-methyl/N-ethyl adjacent to an activating group) is 1. The standard InChI is InChI=1S/C15H20FN3/c1-18-6-5-17-13(10-18)7-11-9-19(2)15-4-3-12(16)8-14(11)15/h3-4,8-9,13,17H,5-7,10H2,1-2H3. The Kier molecular flexibility index (Phi) is 3.29. The van der Waals surface area contributed by atoms with Crippen LogP contribution in [-0.4, -0.2) is 42.2 Å². The highest BCUT2D eigenvalue weighted by atomic mass is 19.1. The highest BCUT2D eigenvalue weighted by Crippen LogP contribution is 2.23. The van der Waals surface area contributed by atoms with E-state index in [1.165, 1.54) is 11.6 Å². The Bertz CT molecular complexity index is 590. The summed E-state index contributed by atoms with van der Waals surface area (Å²) in [7, 11) is 4.17. The first-order valence-corrected chi connectivity index (χ1v) is 6.79. The molecule has 0 aliphatic carbocycles. The number of aromatic nitrogens is 1. The molecular weight excluding hydrogens is 241 g/mol. The number of hydrogen-bond donors (Lipinski definition) is 1. The van der Waals surface area contributed by atoms with Gasteiger partial charge in [-0.15, -0.1) is 0 Å². The second-order valence-electron chi connectivity index (χ2n) is 5.54. The first-order valence-electron chi connectivity index (χ1n) is 6.79. The molecule has 0 radical (unpaired) electrons. The second-order valence-corrected chi connectivity index (χ2v) is 5.54. The van der Waals surface area contributed by atoms with E-state index in [2.05, 4.69) is 28.0 Å². The Hall–Kier alpha value is -1.39. The van der Waals surface area contributed by atoms with Gasteiger partial charge in [0.15, 0.2) is 0 Å². The smallest absolute Gasteiger partial charge is 0.123 e. The number of nitrogens with zero attached hydrogens (tertiary/aromatic N) is 2. The lowest BCUT2D eigenvalue weighted by Crippen LogP contribution is -2.49. The lowest BCUT2D eigenvalue weighted by molar-refractivity contribution is 0.238. The molecule has 0 bridgehead atoms. The largest absolute Gasteiger partial charge is 0.350 e. The number of aryl methyl sites for hydroxylation is 1. The number of hydrogen-bond acceptors (Lipinski definition) is 2. The van der Waals surface area contributed by atoms with E-state index < -0.39 is 0 Å². The fourth-order valence-corrected chi connectivity index (χ4v) is 3.00. The molecule has 1 aliphatic heterocycles. The number of fused-ring (bicyclic) bond motifs is 1. The van der Waals surface area contributed by atoms with Crippen LogP contribution in [0.25, 0.3) is 10.9 Å². The van der Waals surface area contributed by atoms with Crippen LogP contribution >= 0.6 is 0 Å². The summed E-state index contributed by atoms with van der Waals surface area (Å²) in [6.45, 7) is 3.17. The summed E-state index contributed by atoms with van der Waals surface area (Å²) in [5.41, 5.74) is 2.32.